The molecule has 0 fully saturated rings. The maximum absolute atomic E-state index is 4.18. The van der Waals surface area contributed by atoms with E-state index >= 15 is 0 Å². The lowest BCUT2D eigenvalue weighted by molar-refractivity contribution is 0.584. The van der Waals surface area contributed by atoms with Gasteiger partial charge in [-0.25, -0.2) is 0 Å². The molecule has 0 aromatic carbocycles. The lowest BCUT2D eigenvalue weighted by atomic mass is 10.2. The molecule has 66 valence electrons. The molecule has 0 saturated carbocycles. The molecule has 0 saturated heterocycles. The average Bonchev–Trinajstić information content (AvgIpc) is 2.15. The second kappa shape index (κ2) is 5.11. The van der Waals surface area contributed by atoms with Gasteiger partial charge in [0, 0.05) is 36.9 Å². The number of hydrogen-bond acceptors (Lipinski definition) is 4. The van der Waals surface area contributed by atoms with Gasteiger partial charge < -0.3 is 5.32 Å². The van der Waals surface area contributed by atoms with Crippen LogP contribution in [0.5, 0.6) is 0 Å². The zero-order valence-corrected chi connectivity index (χ0v) is 7.96. The Balaban J connectivity index is 2.48. The SMILES string of the molecule is CC(NCCS)c1cnccn1. The Labute approximate surface area is 78.0 Å². The van der Waals surface area contributed by atoms with Crippen molar-refractivity contribution in [3.63, 3.8) is 0 Å². The first kappa shape index (κ1) is 9.48. The van der Waals surface area contributed by atoms with Gasteiger partial charge in [-0.3, -0.25) is 9.97 Å². The van der Waals surface area contributed by atoms with Crippen LogP contribution in [-0.4, -0.2) is 22.3 Å². The van der Waals surface area contributed by atoms with Crippen LogP contribution in [0, 0.1) is 0 Å². The Bertz CT molecular complexity index is 215. The molecule has 1 heterocycles. The van der Waals surface area contributed by atoms with Crippen molar-refractivity contribution in [1.29, 1.82) is 0 Å². The van der Waals surface area contributed by atoms with Crippen molar-refractivity contribution in [3.8, 4) is 0 Å². The summed E-state index contributed by atoms with van der Waals surface area (Å²) in [5.74, 6) is 0.838. The molecule has 0 amide bonds. The highest BCUT2D eigenvalue weighted by molar-refractivity contribution is 7.80. The summed E-state index contributed by atoms with van der Waals surface area (Å²) < 4.78 is 0. The quantitative estimate of drug-likeness (QED) is 0.685. The van der Waals surface area contributed by atoms with Crippen molar-refractivity contribution < 1.29 is 0 Å². The van der Waals surface area contributed by atoms with E-state index in [1.807, 2.05) is 0 Å². The van der Waals surface area contributed by atoms with E-state index < -0.39 is 0 Å². The van der Waals surface area contributed by atoms with Crippen LogP contribution in [0.15, 0.2) is 18.6 Å². The summed E-state index contributed by atoms with van der Waals surface area (Å²) in [5, 5.41) is 3.27. The van der Waals surface area contributed by atoms with E-state index in [9.17, 15) is 0 Å². The molecule has 1 aromatic heterocycles. The maximum Gasteiger partial charge on any atom is 0.0753 e. The largest absolute Gasteiger partial charge is 0.308 e. The molecule has 0 aliphatic carbocycles. The third-order valence-corrected chi connectivity index (χ3v) is 1.81. The van der Waals surface area contributed by atoms with Crippen LogP contribution in [0.1, 0.15) is 18.7 Å². The lowest BCUT2D eigenvalue weighted by Crippen LogP contribution is -2.21. The number of nitrogens with one attached hydrogen (secondary N) is 1. The van der Waals surface area contributed by atoms with Crippen LogP contribution in [0.2, 0.25) is 0 Å². The van der Waals surface area contributed by atoms with Gasteiger partial charge >= 0.3 is 0 Å². The van der Waals surface area contributed by atoms with Gasteiger partial charge in [0.25, 0.3) is 0 Å². The van der Waals surface area contributed by atoms with Crippen LogP contribution < -0.4 is 5.32 Å². The number of rotatable bonds is 4. The van der Waals surface area contributed by atoms with Crippen LogP contribution >= 0.6 is 12.6 Å². The fourth-order valence-electron chi connectivity index (χ4n) is 0.920. The number of aromatic nitrogens is 2. The first-order chi connectivity index (χ1) is 5.84. The van der Waals surface area contributed by atoms with Crippen LogP contribution in [0.3, 0.4) is 0 Å². The van der Waals surface area contributed by atoms with E-state index in [0.29, 0.717) is 0 Å². The monoisotopic (exact) mass is 183 g/mol. The first-order valence-corrected chi connectivity index (χ1v) is 4.58. The molecule has 1 N–H and O–H groups in total. The summed E-state index contributed by atoms with van der Waals surface area (Å²) in [6, 6.07) is 0.255. The topological polar surface area (TPSA) is 37.8 Å². The van der Waals surface area contributed by atoms with Gasteiger partial charge in [0.05, 0.1) is 5.69 Å². The van der Waals surface area contributed by atoms with Crippen molar-refractivity contribution in [2.45, 2.75) is 13.0 Å². The minimum Gasteiger partial charge on any atom is -0.308 e. The van der Waals surface area contributed by atoms with Gasteiger partial charge in [-0.05, 0) is 6.92 Å². The molecule has 12 heavy (non-hydrogen) atoms. The highest BCUT2D eigenvalue weighted by atomic mass is 32.1. The van der Waals surface area contributed by atoms with E-state index in [-0.39, 0.29) is 6.04 Å². The summed E-state index contributed by atoms with van der Waals surface area (Å²) in [6.45, 7) is 2.95. The van der Waals surface area contributed by atoms with E-state index in [1.54, 1.807) is 18.6 Å². The van der Waals surface area contributed by atoms with Gasteiger partial charge in [-0.2, -0.15) is 12.6 Å². The second-order valence-electron chi connectivity index (χ2n) is 2.53. The molecular formula is C8H13N3S. The summed E-state index contributed by atoms with van der Waals surface area (Å²) >= 11 is 4.11. The molecule has 3 nitrogen and oxygen atoms in total. The minimum absolute atomic E-state index is 0.255. The molecular weight excluding hydrogens is 170 g/mol. The smallest absolute Gasteiger partial charge is 0.0753 e. The average molecular weight is 183 g/mol. The Morgan fingerprint density at radius 2 is 2.42 bits per heavy atom. The molecule has 1 rings (SSSR count). The molecule has 0 radical (unpaired) electrons. The Kier molecular flexibility index (Phi) is 4.04. The predicted molar refractivity (Wildman–Crippen MR) is 52.3 cm³/mol. The standard InChI is InChI=1S/C8H13N3S/c1-7(10-4-5-12)8-6-9-2-3-11-8/h2-3,6-7,10,12H,4-5H2,1H3. The summed E-state index contributed by atoms with van der Waals surface area (Å²) in [7, 11) is 0. The van der Waals surface area contributed by atoms with Gasteiger partial charge in [-0.15, -0.1) is 0 Å². The molecule has 1 unspecified atom stereocenters. The van der Waals surface area contributed by atoms with Crippen molar-refractivity contribution >= 4 is 12.6 Å². The highest BCUT2D eigenvalue weighted by Gasteiger charge is 2.03. The first-order valence-electron chi connectivity index (χ1n) is 3.94. The molecule has 1 atom stereocenters. The number of hydrogen-bond donors (Lipinski definition) is 2. The Morgan fingerprint density at radius 1 is 1.58 bits per heavy atom. The summed E-state index contributed by atoms with van der Waals surface area (Å²) in [6.07, 6.45) is 5.15. The highest BCUT2D eigenvalue weighted by Crippen LogP contribution is 2.05. The third-order valence-electron chi connectivity index (χ3n) is 1.59. The molecule has 0 bridgehead atoms. The molecule has 1 aromatic rings. The van der Waals surface area contributed by atoms with E-state index in [0.717, 1.165) is 18.0 Å². The van der Waals surface area contributed by atoms with Crippen LogP contribution in [-0.2, 0) is 0 Å². The molecule has 0 spiro atoms. The van der Waals surface area contributed by atoms with Crippen LogP contribution in [0.4, 0.5) is 0 Å². The summed E-state index contributed by atoms with van der Waals surface area (Å²) in [5.41, 5.74) is 0.972. The predicted octanol–water partition coefficient (Wildman–Crippen LogP) is 1.06. The van der Waals surface area contributed by atoms with E-state index in [1.165, 1.54) is 0 Å². The van der Waals surface area contributed by atoms with Gasteiger partial charge in [0.1, 0.15) is 0 Å². The Morgan fingerprint density at radius 3 is 3.00 bits per heavy atom. The number of thiol groups is 1. The van der Waals surface area contributed by atoms with Crippen LogP contribution in [0.25, 0.3) is 0 Å². The van der Waals surface area contributed by atoms with Gasteiger partial charge in [0.2, 0.25) is 0 Å². The second-order valence-corrected chi connectivity index (χ2v) is 2.98. The normalized spacial score (nSPS) is 12.8. The van der Waals surface area contributed by atoms with Gasteiger partial charge in [0.15, 0.2) is 0 Å². The molecule has 0 aliphatic heterocycles. The zero-order valence-electron chi connectivity index (χ0n) is 7.07. The van der Waals surface area contributed by atoms with Crippen molar-refractivity contribution in [3.05, 3.63) is 24.3 Å². The van der Waals surface area contributed by atoms with E-state index in [4.69, 9.17) is 0 Å². The van der Waals surface area contributed by atoms with Crippen molar-refractivity contribution in [2.24, 2.45) is 0 Å². The fraction of sp³-hybridized carbons (Fsp3) is 0.500. The molecule has 4 heteroatoms. The van der Waals surface area contributed by atoms with E-state index in [2.05, 4.69) is 34.8 Å². The van der Waals surface area contributed by atoms with Gasteiger partial charge in [-0.1, -0.05) is 0 Å². The maximum atomic E-state index is 4.18. The third kappa shape index (κ3) is 2.79. The molecule has 0 aliphatic rings. The zero-order chi connectivity index (χ0) is 8.81. The number of nitrogens with zero attached hydrogens (tertiary/aromatic N) is 2. The lowest BCUT2D eigenvalue weighted by Gasteiger charge is -2.10. The van der Waals surface area contributed by atoms with Crippen molar-refractivity contribution in [1.82, 2.24) is 15.3 Å². The fourth-order valence-corrected chi connectivity index (χ4v) is 1.05. The Hall–Kier alpha value is -0.610. The van der Waals surface area contributed by atoms with Crippen molar-refractivity contribution in [2.75, 3.05) is 12.3 Å². The summed E-state index contributed by atoms with van der Waals surface area (Å²) in [4.78, 5) is 8.17. The minimum atomic E-state index is 0.255.